The maximum atomic E-state index is 10.6. The van der Waals surface area contributed by atoms with Gasteiger partial charge in [0, 0.05) is 25.0 Å². The van der Waals surface area contributed by atoms with Crippen molar-refractivity contribution in [2.24, 2.45) is 0 Å². The van der Waals surface area contributed by atoms with E-state index < -0.39 is 0 Å². The average Bonchev–Trinajstić information content (AvgIpc) is 2.24. The smallest absolute Gasteiger partial charge is 0.216 e. The Morgan fingerprint density at radius 1 is 1.50 bits per heavy atom. The summed E-state index contributed by atoms with van der Waals surface area (Å²) in [6.45, 7) is 2.52. The Kier molecular flexibility index (Phi) is 4.62. The van der Waals surface area contributed by atoms with Crippen LogP contribution in [0.15, 0.2) is 18.2 Å². The summed E-state index contributed by atoms with van der Waals surface area (Å²) in [5.74, 6) is -0.0756. The molecule has 0 saturated carbocycles. The van der Waals surface area contributed by atoms with Crippen molar-refractivity contribution in [1.29, 1.82) is 5.26 Å². The molecule has 16 heavy (non-hydrogen) atoms. The molecule has 0 spiro atoms. The molecule has 0 atom stereocenters. The van der Waals surface area contributed by atoms with Gasteiger partial charge in [0.05, 0.1) is 11.3 Å². The standard InChI is InChI=1S/C11H12ClN3O/c1-8(16)14-4-5-15-11-6-10(12)3-2-9(11)7-13/h2-3,6,15H,4-5H2,1H3,(H,14,16). The van der Waals surface area contributed by atoms with E-state index in [1.807, 2.05) is 0 Å². The Morgan fingerprint density at radius 2 is 2.25 bits per heavy atom. The Balaban J connectivity index is 2.56. The van der Waals surface area contributed by atoms with Gasteiger partial charge in [-0.1, -0.05) is 11.6 Å². The summed E-state index contributed by atoms with van der Waals surface area (Å²) in [6.07, 6.45) is 0. The molecule has 0 fully saturated rings. The summed E-state index contributed by atoms with van der Waals surface area (Å²) in [5, 5.41) is 15.1. The minimum absolute atomic E-state index is 0.0756. The van der Waals surface area contributed by atoms with Gasteiger partial charge in [0.2, 0.25) is 5.91 Å². The molecule has 0 heterocycles. The van der Waals surface area contributed by atoms with Crippen LogP contribution in [0.2, 0.25) is 5.02 Å². The van der Waals surface area contributed by atoms with Gasteiger partial charge in [-0.05, 0) is 18.2 Å². The molecule has 0 unspecified atom stereocenters. The van der Waals surface area contributed by atoms with E-state index in [4.69, 9.17) is 16.9 Å². The molecule has 0 aliphatic carbocycles. The van der Waals surface area contributed by atoms with Crippen LogP contribution >= 0.6 is 11.6 Å². The van der Waals surface area contributed by atoms with Crippen molar-refractivity contribution < 1.29 is 4.79 Å². The van der Waals surface area contributed by atoms with Crippen molar-refractivity contribution >= 4 is 23.2 Å². The van der Waals surface area contributed by atoms with Crippen molar-refractivity contribution in [3.63, 3.8) is 0 Å². The van der Waals surface area contributed by atoms with Gasteiger partial charge >= 0.3 is 0 Å². The van der Waals surface area contributed by atoms with E-state index in [2.05, 4.69) is 16.7 Å². The van der Waals surface area contributed by atoms with Crippen LogP contribution in [0.3, 0.4) is 0 Å². The van der Waals surface area contributed by atoms with Crippen LogP contribution in [-0.4, -0.2) is 19.0 Å². The predicted octanol–water partition coefficient (Wildman–Crippen LogP) is 1.76. The zero-order valence-electron chi connectivity index (χ0n) is 8.88. The Labute approximate surface area is 99.2 Å². The fraction of sp³-hybridized carbons (Fsp3) is 0.273. The van der Waals surface area contributed by atoms with Crippen molar-refractivity contribution in [2.45, 2.75) is 6.92 Å². The first kappa shape index (κ1) is 12.3. The van der Waals surface area contributed by atoms with Crippen molar-refractivity contribution in [2.75, 3.05) is 18.4 Å². The van der Waals surface area contributed by atoms with E-state index in [0.29, 0.717) is 29.4 Å². The second kappa shape index (κ2) is 5.99. The van der Waals surface area contributed by atoms with E-state index in [9.17, 15) is 4.79 Å². The van der Waals surface area contributed by atoms with E-state index >= 15 is 0 Å². The van der Waals surface area contributed by atoms with E-state index in [1.165, 1.54) is 6.92 Å². The third-order valence-electron chi connectivity index (χ3n) is 1.92. The molecule has 4 nitrogen and oxygen atoms in total. The van der Waals surface area contributed by atoms with Crippen LogP contribution in [0.25, 0.3) is 0 Å². The molecular weight excluding hydrogens is 226 g/mol. The number of carbonyl (C=O) groups excluding carboxylic acids is 1. The zero-order chi connectivity index (χ0) is 12.0. The molecule has 84 valence electrons. The lowest BCUT2D eigenvalue weighted by Crippen LogP contribution is -2.26. The van der Waals surface area contributed by atoms with Crippen LogP contribution in [0.5, 0.6) is 0 Å². The first-order valence-electron chi connectivity index (χ1n) is 4.81. The van der Waals surface area contributed by atoms with Crippen molar-refractivity contribution in [3.8, 4) is 6.07 Å². The SMILES string of the molecule is CC(=O)NCCNc1cc(Cl)ccc1C#N. The molecule has 0 bridgehead atoms. The first-order chi connectivity index (χ1) is 7.63. The number of amides is 1. The molecule has 1 amide bonds. The highest BCUT2D eigenvalue weighted by molar-refractivity contribution is 6.30. The summed E-state index contributed by atoms with van der Waals surface area (Å²) in [4.78, 5) is 10.6. The van der Waals surface area contributed by atoms with Crippen LogP contribution in [0, 0.1) is 11.3 Å². The molecule has 1 aromatic carbocycles. The van der Waals surface area contributed by atoms with Gasteiger partial charge in [0.1, 0.15) is 6.07 Å². The van der Waals surface area contributed by atoms with E-state index in [1.54, 1.807) is 18.2 Å². The fourth-order valence-corrected chi connectivity index (χ4v) is 1.37. The van der Waals surface area contributed by atoms with Gasteiger partial charge in [-0.2, -0.15) is 5.26 Å². The number of rotatable bonds is 4. The maximum Gasteiger partial charge on any atom is 0.216 e. The van der Waals surface area contributed by atoms with Crippen LogP contribution in [0.4, 0.5) is 5.69 Å². The molecule has 2 N–H and O–H groups in total. The van der Waals surface area contributed by atoms with Gasteiger partial charge < -0.3 is 10.6 Å². The third-order valence-corrected chi connectivity index (χ3v) is 2.15. The normalized spacial score (nSPS) is 9.31. The lowest BCUT2D eigenvalue weighted by Gasteiger charge is -2.08. The van der Waals surface area contributed by atoms with Crippen LogP contribution in [-0.2, 0) is 4.79 Å². The van der Waals surface area contributed by atoms with Crippen molar-refractivity contribution in [1.82, 2.24) is 5.32 Å². The van der Waals surface area contributed by atoms with Gasteiger partial charge in [-0.3, -0.25) is 4.79 Å². The van der Waals surface area contributed by atoms with Gasteiger partial charge in [0.25, 0.3) is 0 Å². The molecule has 0 radical (unpaired) electrons. The minimum atomic E-state index is -0.0756. The highest BCUT2D eigenvalue weighted by Crippen LogP contribution is 2.19. The summed E-state index contributed by atoms with van der Waals surface area (Å²) in [7, 11) is 0. The fourth-order valence-electron chi connectivity index (χ4n) is 1.20. The highest BCUT2D eigenvalue weighted by atomic mass is 35.5. The molecule has 5 heteroatoms. The number of benzene rings is 1. The molecule has 0 aromatic heterocycles. The second-order valence-electron chi connectivity index (χ2n) is 3.21. The highest BCUT2D eigenvalue weighted by Gasteiger charge is 2.01. The lowest BCUT2D eigenvalue weighted by atomic mass is 10.2. The number of halogens is 1. The topological polar surface area (TPSA) is 64.9 Å². The largest absolute Gasteiger partial charge is 0.382 e. The summed E-state index contributed by atoms with van der Waals surface area (Å²) in [6, 6.07) is 7.07. The minimum Gasteiger partial charge on any atom is -0.382 e. The van der Waals surface area contributed by atoms with Crippen molar-refractivity contribution in [3.05, 3.63) is 28.8 Å². The molecule has 0 saturated heterocycles. The molecule has 1 rings (SSSR count). The van der Waals surface area contributed by atoms with Gasteiger partial charge in [-0.25, -0.2) is 0 Å². The Morgan fingerprint density at radius 3 is 2.88 bits per heavy atom. The number of nitrogens with zero attached hydrogens (tertiary/aromatic N) is 1. The molecular formula is C11H12ClN3O. The van der Waals surface area contributed by atoms with Crippen LogP contribution in [0.1, 0.15) is 12.5 Å². The molecule has 0 aliphatic rings. The summed E-state index contributed by atoms with van der Waals surface area (Å²) >= 11 is 5.82. The number of nitriles is 1. The third kappa shape index (κ3) is 3.79. The Bertz CT molecular complexity index is 426. The maximum absolute atomic E-state index is 10.6. The number of carbonyl (C=O) groups is 1. The zero-order valence-corrected chi connectivity index (χ0v) is 9.64. The first-order valence-corrected chi connectivity index (χ1v) is 5.19. The monoisotopic (exact) mass is 237 g/mol. The Hall–Kier alpha value is -1.73. The summed E-state index contributed by atoms with van der Waals surface area (Å²) in [5.41, 5.74) is 1.22. The lowest BCUT2D eigenvalue weighted by molar-refractivity contribution is -0.118. The van der Waals surface area contributed by atoms with E-state index in [0.717, 1.165) is 0 Å². The molecule has 0 aliphatic heterocycles. The average molecular weight is 238 g/mol. The number of hydrogen-bond acceptors (Lipinski definition) is 3. The van der Waals surface area contributed by atoms with Gasteiger partial charge in [-0.15, -0.1) is 0 Å². The van der Waals surface area contributed by atoms with E-state index in [-0.39, 0.29) is 5.91 Å². The number of anilines is 1. The van der Waals surface area contributed by atoms with Gasteiger partial charge in [0.15, 0.2) is 0 Å². The molecule has 1 aromatic rings. The second-order valence-corrected chi connectivity index (χ2v) is 3.65. The number of hydrogen-bond donors (Lipinski definition) is 2. The quantitative estimate of drug-likeness (QED) is 0.785. The summed E-state index contributed by atoms with van der Waals surface area (Å²) < 4.78 is 0. The van der Waals surface area contributed by atoms with Crippen LogP contribution < -0.4 is 10.6 Å². The predicted molar refractivity (Wildman–Crippen MR) is 63.3 cm³/mol. The number of nitrogens with one attached hydrogen (secondary N) is 2.